The summed E-state index contributed by atoms with van der Waals surface area (Å²) in [6.07, 6.45) is -0.670. The summed E-state index contributed by atoms with van der Waals surface area (Å²) >= 11 is 1.49. The first-order valence-electron chi connectivity index (χ1n) is 6.70. The van der Waals surface area contributed by atoms with Gasteiger partial charge in [0.05, 0.1) is 16.3 Å². The Morgan fingerprint density at radius 3 is 2.76 bits per heavy atom. The number of ether oxygens (including phenoxy) is 1. The van der Waals surface area contributed by atoms with Gasteiger partial charge in [-0.25, -0.2) is 4.98 Å². The Kier molecular flexibility index (Phi) is 4.15. The molecule has 2 aromatic carbocycles. The van der Waals surface area contributed by atoms with Crippen LogP contribution in [0.4, 0.5) is 0 Å². The molecule has 0 radical (unpaired) electrons. The van der Waals surface area contributed by atoms with E-state index in [9.17, 15) is 5.11 Å². The molecule has 0 fully saturated rings. The van der Waals surface area contributed by atoms with Gasteiger partial charge in [-0.3, -0.25) is 0 Å². The first-order valence-corrected chi connectivity index (χ1v) is 7.58. The van der Waals surface area contributed by atoms with Gasteiger partial charge in [0.15, 0.2) is 0 Å². The van der Waals surface area contributed by atoms with Crippen molar-refractivity contribution in [3.8, 4) is 5.75 Å². The van der Waals surface area contributed by atoms with Gasteiger partial charge in [-0.1, -0.05) is 36.4 Å². The number of nitrogens with zero attached hydrogens (tertiary/aromatic N) is 1. The van der Waals surface area contributed by atoms with Crippen LogP contribution in [0.2, 0.25) is 0 Å². The molecule has 0 unspecified atom stereocenters. The van der Waals surface area contributed by atoms with E-state index in [-0.39, 0.29) is 6.54 Å². The monoisotopic (exact) mass is 300 g/mol. The van der Waals surface area contributed by atoms with E-state index < -0.39 is 6.10 Å². The highest BCUT2D eigenvalue weighted by Crippen LogP contribution is 2.33. The first kappa shape index (κ1) is 14.0. The molecule has 3 rings (SSSR count). The minimum atomic E-state index is -0.670. The number of rotatable bonds is 5. The number of fused-ring (bicyclic) bond motifs is 1. The number of hydrogen-bond acceptors (Lipinski definition) is 5. The summed E-state index contributed by atoms with van der Waals surface area (Å²) in [5, 5.41) is 9.96. The lowest BCUT2D eigenvalue weighted by atomic mass is 10.1. The SMILES string of the molecule is NC[C@H](O)c1ccc(OCc2ccccc2)c2ncsc12. The third-order valence-corrected chi connectivity index (χ3v) is 4.17. The Bertz CT molecular complexity index is 727. The van der Waals surface area contributed by atoms with Gasteiger partial charge in [0, 0.05) is 12.1 Å². The van der Waals surface area contributed by atoms with Gasteiger partial charge in [0.2, 0.25) is 0 Å². The van der Waals surface area contributed by atoms with E-state index >= 15 is 0 Å². The molecule has 0 aliphatic rings. The largest absolute Gasteiger partial charge is 0.487 e. The highest BCUT2D eigenvalue weighted by molar-refractivity contribution is 7.17. The molecular weight excluding hydrogens is 284 g/mol. The molecule has 1 atom stereocenters. The van der Waals surface area contributed by atoms with Crippen LogP contribution in [0.1, 0.15) is 17.2 Å². The Balaban J connectivity index is 1.88. The topological polar surface area (TPSA) is 68.4 Å². The summed E-state index contributed by atoms with van der Waals surface area (Å²) in [5.74, 6) is 0.725. The summed E-state index contributed by atoms with van der Waals surface area (Å²) in [6, 6.07) is 13.7. The minimum Gasteiger partial charge on any atom is -0.487 e. The Morgan fingerprint density at radius 1 is 1.19 bits per heavy atom. The maximum Gasteiger partial charge on any atom is 0.146 e. The lowest BCUT2D eigenvalue weighted by molar-refractivity contribution is 0.188. The first-order chi connectivity index (χ1) is 10.3. The fourth-order valence-corrected chi connectivity index (χ4v) is 3.06. The van der Waals surface area contributed by atoms with Crippen molar-refractivity contribution < 1.29 is 9.84 Å². The van der Waals surface area contributed by atoms with Crippen LogP contribution in [-0.2, 0) is 6.61 Å². The van der Waals surface area contributed by atoms with Crippen LogP contribution in [0.5, 0.6) is 5.75 Å². The molecule has 4 nitrogen and oxygen atoms in total. The van der Waals surface area contributed by atoms with Gasteiger partial charge < -0.3 is 15.6 Å². The molecule has 1 heterocycles. The van der Waals surface area contributed by atoms with E-state index in [0.717, 1.165) is 27.1 Å². The average molecular weight is 300 g/mol. The molecule has 0 saturated heterocycles. The number of nitrogens with two attached hydrogens (primary N) is 1. The molecule has 0 spiro atoms. The second-order valence-electron chi connectivity index (χ2n) is 4.71. The predicted octanol–water partition coefficient (Wildman–Crippen LogP) is 2.87. The maximum atomic E-state index is 9.96. The molecule has 108 valence electrons. The summed E-state index contributed by atoms with van der Waals surface area (Å²) in [7, 11) is 0. The number of aliphatic hydroxyl groups excluding tert-OH is 1. The van der Waals surface area contributed by atoms with Crippen molar-refractivity contribution in [1.29, 1.82) is 0 Å². The Hall–Kier alpha value is -1.95. The lowest BCUT2D eigenvalue weighted by Crippen LogP contribution is -2.11. The van der Waals surface area contributed by atoms with Crippen molar-refractivity contribution in [2.45, 2.75) is 12.7 Å². The second kappa shape index (κ2) is 6.22. The highest BCUT2D eigenvalue weighted by Gasteiger charge is 2.15. The van der Waals surface area contributed by atoms with Crippen LogP contribution in [0, 0.1) is 0 Å². The van der Waals surface area contributed by atoms with Gasteiger partial charge >= 0.3 is 0 Å². The van der Waals surface area contributed by atoms with Gasteiger partial charge in [-0.2, -0.15) is 0 Å². The lowest BCUT2D eigenvalue weighted by Gasteiger charge is -2.12. The van der Waals surface area contributed by atoms with Crippen molar-refractivity contribution in [3.05, 3.63) is 59.1 Å². The molecule has 1 aromatic heterocycles. The fourth-order valence-electron chi connectivity index (χ4n) is 2.19. The standard InChI is InChI=1S/C16H16N2O2S/c17-8-13(19)12-6-7-14(15-16(12)21-10-18-15)20-9-11-4-2-1-3-5-11/h1-7,10,13,19H,8-9,17H2/t13-/m0/s1. The quantitative estimate of drug-likeness (QED) is 0.760. The van der Waals surface area contributed by atoms with Crippen molar-refractivity contribution >= 4 is 21.6 Å². The molecule has 0 bridgehead atoms. The van der Waals surface area contributed by atoms with Gasteiger partial charge in [0.25, 0.3) is 0 Å². The number of aliphatic hydroxyl groups is 1. The van der Waals surface area contributed by atoms with E-state index in [1.807, 2.05) is 42.5 Å². The second-order valence-corrected chi connectivity index (χ2v) is 5.56. The summed E-state index contributed by atoms with van der Waals surface area (Å²) in [6.45, 7) is 0.684. The van der Waals surface area contributed by atoms with Crippen LogP contribution in [-0.4, -0.2) is 16.6 Å². The van der Waals surface area contributed by atoms with E-state index in [1.165, 1.54) is 11.3 Å². The number of thiazole rings is 1. The molecule has 3 N–H and O–H groups in total. The van der Waals surface area contributed by atoms with E-state index in [4.69, 9.17) is 10.5 Å². The average Bonchev–Trinajstić information content (AvgIpc) is 3.02. The van der Waals surface area contributed by atoms with Gasteiger partial charge in [0.1, 0.15) is 17.9 Å². The highest BCUT2D eigenvalue weighted by atomic mass is 32.1. The molecule has 0 aliphatic carbocycles. The van der Waals surface area contributed by atoms with E-state index in [0.29, 0.717) is 6.61 Å². The van der Waals surface area contributed by atoms with Crippen LogP contribution in [0.3, 0.4) is 0 Å². The van der Waals surface area contributed by atoms with Crippen molar-refractivity contribution in [2.75, 3.05) is 6.54 Å². The van der Waals surface area contributed by atoms with Crippen molar-refractivity contribution in [3.63, 3.8) is 0 Å². The molecule has 0 saturated carbocycles. The van der Waals surface area contributed by atoms with E-state index in [1.54, 1.807) is 5.51 Å². The summed E-state index contributed by atoms with van der Waals surface area (Å²) in [4.78, 5) is 4.35. The minimum absolute atomic E-state index is 0.192. The zero-order chi connectivity index (χ0) is 14.7. The van der Waals surface area contributed by atoms with Crippen LogP contribution in [0.25, 0.3) is 10.2 Å². The Labute approximate surface area is 126 Å². The zero-order valence-corrected chi connectivity index (χ0v) is 12.2. The molecule has 21 heavy (non-hydrogen) atoms. The molecule has 3 aromatic rings. The molecule has 0 amide bonds. The molecule has 0 aliphatic heterocycles. The molecule has 5 heteroatoms. The summed E-state index contributed by atoms with van der Waals surface area (Å²) < 4.78 is 6.79. The third kappa shape index (κ3) is 2.90. The number of aromatic nitrogens is 1. The maximum absolute atomic E-state index is 9.96. The van der Waals surface area contributed by atoms with Crippen molar-refractivity contribution in [1.82, 2.24) is 4.98 Å². The van der Waals surface area contributed by atoms with E-state index in [2.05, 4.69) is 4.98 Å². The van der Waals surface area contributed by atoms with Gasteiger partial charge in [-0.05, 0) is 11.6 Å². The zero-order valence-electron chi connectivity index (χ0n) is 11.4. The number of benzene rings is 2. The smallest absolute Gasteiger partial charge is 0.146 e. The third-order valence-electron chi connectivity index (χ3n) is 3.30. The van der Waals surface area contributed by atoms with Crippen LogP contribution < -0.4 is 10.5 Å². The summed E-state index contributed by atoms with van der Waals surface area (Å²) in [5.41, 5.74) is 9.99. The van der Waals surface area contributed by atoms with Crippen molar-refractivity contribution in [2.24, 2.45) is 5.73 Å². The number of hydrogen-bond donors (Lipinski definition) is 2. The predicted molar refractivity (Wildman–Crippen MR) is 84.4 cm³/mol. The normalized spacial score (nSPS) is 12.5. The van der Waals surface area contributed by atoms with Gasteiger partial charge in [-0.15, -0.1) is 11.3 Å². The fraction of sp³-hybridized carbons (Fsp3) is 0.188. The molecular formula is C16H16N2O2S. The van der Waals surface area contributed by atoms with Crippen LogP contribution in [0.15, 0.2) is 48.0 Å². The van der Waals surface area contributed by atoms with Crippen LogP contribution >= 0.6 is 11.3 Å². The Morgan fingerprint density at radius 2 is 2.00 bits per heavy atom.